The number of aromatic nitrogens is 1. The van der Waals surface area contributed by atoms with Crippen LogP contribution in [0.5, 0.6) is 0 Å². The molecule has 1 aromatic rings. The fourth-order valence-corrected chi connectivity index (χ4v) is 2.48. The van der Waals surface area contributed by atoms with Gasteiger partial charge in [-0.1, -0.05) is 20.8 Å². The van der Waals surface area contributed by atoms with Gasteiger partial charge in [0.25, 0.3) is 0 Å². The summed E-state index contributed by atoms with van der Waals surface area (Å²) in [6.45, 7) is 10.2. The molecular weight excluding hydrogens is 266 g/mol. The third-order valence-corrected chi connectivity index (χ3v) is 3.77. The van der Waals surface area contributed by atoms with Crippen molar-refractivity contribution in [2.75, 3.05) is 31.5 Å². The Morgan fingerprint density at radius 2 is 2.00 bits per heavy atom. The van der Waals surface area contributed by atoms with Crippen molar-refractivity contribution in [1.82, 2.24) is 9.88 Å². The van der Waals surface area contributed by atoms with E-state index in [1.165, 1.54) is 12.8 Å². The Morgan fingerprint density at radius 3 is 2.57 bits per heavy atom. The van der Waals surface area contributed by atoms with Crippen LogP contribution >= 0.6 is 0 Å². The quantitative estimate of drug-likeness (QED) is 0.873. The van der Waals surface area contributed by atoms with Gasteiger partial charge in [0, 0.05) is 24.2 Å². The first-order valence-corrected chi connectivity index (χ1v) is 7.58. The average Bonchev–Trinajstić information content (AvgIpc) is 2.90. The SMILES string of the molecule is CC(C)(C)c1cc(C(=O)O)cc(NCCN2CCCC2)n1. The third kappa shape index (κ3) is 4.43. The second-order valence-corrected chi connectivity index (χ2v) is 6.66. The van der Waals surface area contributed by atoms with Crippen LogP contribution in [0.25, 0.3) is 0 Å². The van der Waals surface area contributed by atoms with E-state index in [4.69, 9.17) is 0 Å². The fourth-order valence-electron chi connectivity index (χ4n) is 2.48. The van der Waals surface area contributed by atoms with Gasteiger partial charge < -0.3 is 15.3 Å². The molecule has 0 aliphatic carbocycles. The summed E-state index contributed by atoms with van der Waals surface area (Å²) in [6.07, 6.45) is 2.56. The Labute approximate surface area is 126 Å². The lowest BCUT2D eigenvalue weighted by molar-refractivity contribution is 0.0696. The molecule has 0 atom stereocenters. The predicted molar refractivity (Wildman–Crippen MR) is 84.1 cm³/mol. The summed E-state index contributed by atoms with van der Waals surface area (Å²) in [5, 5.41) is 12.5. The molecule has 2 N–H and O–H groups in total. The standard InChI is InChI=1S/C16H25N3O2/c1-16(2,3)13-10-12(15(20)21)11-14(18-13)17-6-9-19-7-4-5-8-19/h10-11H,4-9H2,1-3H3,(H,17,18)(H,20,21). The monoisotopic (exact) mass is 291 g/mol. The number of pyridine rings is 1. The highest BCUT2D eigenvalue weighted by Gasteiger charge is 2.19. The van der Waals surface area contributed by atoms with E-state index in [9.17, 15) is 9.90 Å². The van der Waals surface area contributed by atoms with Crippen molar-refractivity contribution in [3.63, 3.8) is 0 Å². The van der Waals surface area contributed by atoms with E-state index in [1.807, 2.05) is 20.8 Å². The summed E-state index contributed by atoms with van der Waals surface area (Å²) in [6, 6.07) is 3.27. The molecule has 21 heavy (non-hydrogen) atoms. The predicted octanol–water partition coefficient (Wildman–Crippen LogP) is 2.59. The minimum absolute atomic E-state index is 0.170. The number of carbonyl (C=O) groups is 1. The van der Waals surface area contributed by atoms with E-state index >= 15 is 0 Å². The van der Waals surface area contributed by atoms with Crippen LogP contribution in [-0.2, 0) is 5.41 Å². The van der Waals surface area contributed by atoms with Gasteiger partial charge >= 0.3 is 5.97 Å². The molecule has 1 aromatic heterocycles. The molecular formula is C16H25N3O2. The van der Waals surface area contributed by atoms with Gasteiger partial charge in [-0.25, -0.2) is 9.78 Å². The van der Waals surface area contributed by atoms with Gasteiger partial charge in [0.1, 0.15) is 5.82 Å². The summed E-state index contributed by atoms with van der Waals surface area (Å²) in [7, 11) is 0. The maximum absolute atomic E-state index is 11.3. The van der Waals surface area contributed by atoms with Crippen molar-refractivity contribution in [3.8, 4) is 0 Å². The maximum atomic E-state index is 11.3. The fraction of sp³-hybridized carbons (Fsp3) is 0.625. The Kier molecular flexibility index (Phi) is 4.83. The molecule has 0 amide bonds. The number of rotatable bonds is 5. The van der Waals surface area contributed by atoms with Crippen LogP contribution in [0.4, 0.5) is 5.82 Å². The molecule has 0 saturated carbocycles. The Balaban J connectivity index is 2.06. The second kappa shape index (κ2) is 6.43. The number of aromatic carboxylic acids is 1. The molecule has 0 unspecified atom stereocenters. The Morgan fingerprint density at radius 1 is 1.33 bits per heavy atom. The van der Waals surface area contributed by atoms with Crippen molar-refractivity contribution in [1.29, 1.82) is 0 Å². The van der Waals surface area contributed by atoms with Crippen LogP contribution in [-0.4, -0.2) is 47.1 Å². The van der Waals surface area contributed by atoms with E-state index in [0.29, 0.717) is 11.4 Å². The number of hydrogen-bond acceptors (Lipinski definition) is 4. The van der Waals surface area contributed by atoms with Crippen molar-refractivity contribution in [2.24, 2.45) is 0 Å². The zero-order chi connectivity index (χ0) is 15.5. The number of nitrogens with one attached hydrogen (secondary N) is 1. The van der Waals surface area contributed by atoms with Crippen molar-refractivity contribution >= 4 is 11.8 Å². The molecule has 0 bridgehead atoms. The Hall–Kier alpha value is -1.62. The highest BCUT2D eigenvalue weighted by molar-refractivity contribution is 5.88. The molecule has 0 aromatic carbocycles. The lowest BCUT2D eigenvalue weighted by atomic mass is 9.91. The van der Waals surface area contributed by atoms with Gasteiger partial charge in [-0.05, 0) is 38.1 Å². The molecule has 0 radical (unpaired) electrons. The molecule has 1 aliphatic rings. The number of hydrogen-bond donors (Lipinski definition) is 2. The second-order valence-electron chi connectivity index (χ2n) is 6.66. The molecule has 116 valence electrons. The van der Waals surface area contributed by atoms with Gasteiger partial charge in [0.05, 0.1) is 5.56 Å². The van der Waals surface area contributed by atoms with Crippen molar-refractivity contribution in [3.05, 3.63) is 23.4 Å². The number of carboxylic acid groups (broad SMARTS) is 1. The number of nitrogens with zero attached hydrogens (tertiary/aromatic N) is 2. The van der Waals surface area contributed by atoms with Crippen LogP contribution in [0.3, 0.4) is 0 Å². The van der Waals surface area contributed by atoms with E-state index in [1.54, 1.807) is 12.1 Å². The largest absolute Gasteiger partial charge is 0.478 e. The van der Waals surface area contributed by atoms with E-state index < -0.39 is 5.97 Å². The van der Waals surface area contributed by atoms with Crippen LogP contribution < -0.4 is 5.32 Å². The van der Waals surface area contributed by atoms with Gasteiger partial charge in [-0.3, -0.25) is 0 Å². The molecule has 1 fully saturated rings. The third-order valence-electron chi connectivity index (χ3n) is 3.77. The average molecular weight is 291 g/mol. The van der Waals surface area contributed by atoms with E-state index in [2.05, 4.69) is 15.2 Å². The maximum Gasteiger partial charge on any atom is 0.335 e. The number of likely N-dealkylation sites (tertiary alicyclic amines) is 1. The minimum atomic E-state index is -0.912. The summed E-state index contributed by atoms with van der Waals surface area (Å²) in [5.41, 5.74) is 0.918. The molecule has 2 heterocycles. The first-order valence-electron chi connectivity index (χ1n) is 7.58. The van der Waals surface area contributed by atoms with Crippen molar-refractivity contribution in [2.45, 2.75) is 39.0 Å². The molecule has 2 rings (SSSR count). The topological polar surface area (TPSA) is 65.5 Å². The van der Waals surface area contributed by atoms with Gasteiger partial charge in [-0.2, -0.15) is 0 Å². The van der Waals surface area contributed by atoms with Gasteiger partial charge in [-0.15, -0.1) is 0 Å². The van der Waals surface area contributed by atoms with Crippen LogP contribution in [0.15, 0.2) is 12.1 Å². The molecule has 1 saturated heterocycles. The van der Waals surface area contributed by atoms with Gasteiger partial charge in [0.2, 0.25) is 0 Å². The first-order chi connectivity index (χ1) is 9.86. The zero-order valence-corrected chi connectivity index (χ0v) is 13.1. The molecule has 0 spiro atoms. The molecule has 5 nitrogen and oxygen atoms in total. The van der Waals surface area contributed by atoms with E-state index in [-0.39, 0.29) is 5.41 Å². The Bertz CT molecular complexity index is 503. The number of anilines is 1. The molecule has 1 aliphatic heterocycles. The molecule has 5 heteroatoms. The van der Waals surface area contributed by atoms with E-state index in [0.717, 1.165) is 31.9 Å². The highest BCUT2D eigenvalue weighted by atomic mass is 16.4. The van der Waals surface area contributed by atoms with Crippen LogP contribution in [0.1, 0.15) is 49.7 Å². The van der Waals surface area contributed by atoms with Crippen LogP contribution in [0.2, 0.25) is 0 Å². The van der Waals surface area contributed by atoms with Crippen molar-refractivity contribution < 1.29 is 9.90 Å². The lowest BCUT2D eigenvalue weighted by Crippen LogP contribution is -2.26. The zero-order valence-electron chi connectivity index (χ0n) is 13.1. The smallest absolute Gasteiger partial charge is 0.335 e. The lowest BCUT2D eigenvalue weighted by Gasteiger charge is -2.20. The minimum Gasteiger partial charge on any atom is -0.478 e. The van der Waals surface area contributed by atoms with Gasteiger partial charge in [0.15, 0.2) is 0 Å². The first kappa shape index (κ1) is 15.8. The summed E-state index contributed by atoms with van der Waals surface area (Å²) < 4.78 is 0. The highest BCUT2D eigenvalue weighted by Crippen LogP contribution is 2.23. The van der Waals surface area contributed by atoms with Crippen LogP contribution in [0, 0.1) is 0 Å². The summed E-state index contributed by atoms with van der Waals surface area (Å²) in [4.78, 5) is 18.2. The summed E-state index contributed by atoms with van der Waals surface area (Å²) >= 11 is 0. The summed E-state index contributed by atoms with van der Waals surface area (Å²) in [5.74, 6) is -0.260. The number of carboxylic acids is 1. The normalized spacial score (nSPS) is 16.1.